The molecule has 0 radical (unpaired) electrons. The van der Waals surface area contributed by atoms with Crippen LogP contribution in [0.15, 0.2) is 77.3 Å². The first-order valence-electron chi connectivity index (χ1n) is 10.6. The molecule has 4 rings (SSSR count). The topological polar surface area (TPSA) is 80.0 Å². The van der Waals surface area contributed by atoms with E-state index in [0.29, 0.717) is 18.1 Å². The molecule has 1 atom stereocenters. The molecule has 0 saturated heterocycles. The van der Waals surface area contributed by atoms with Crippen LogP contribution in [0.2, 0.25) is 0 Å². The first kappa shape index (κ1) is 21.3. The predicted molar refractivity (Wildman–Crippen MR) is 125 cm³/mol. The van der Waals surface area contributed by atoms with Gasteiger partial charge in [-0.25, -0.2) is 4.79 Å². The Morgan fingerprint density at radius 2 is 1.72 bits per heavy atom. The summed E-state index contributed by atoms with van der Waals surface area (Å²) in [5, 5.41) is 10.1. The maximum atomic E-state index is 12.8. The molecule has 4 aromatic rings. The van der Waals surface area contributed by atoms with Crippen molar-refractivity contribution in [2.45, 2.75) is 33.2 Å². The lowest BCUT2D eigenvalue weighted by molar-refractivity contribution is 0.243. The fourth-order valence-electron chi connectivity index (χ4n) is 3.60. The number of anilines is 1. The zero-order chi connectivity index (χ0) is 22.5. The fraction of sp³-hybridized carbons (Fsp3) is 0.192. The number of urea groups is 1. The van der Waals surface area contributed by atoms with Crippen LogP contribution in [0, 0.1) is 20.8 Å². The zero-order valence-electron chi connectivity index (χ0n) is 18.4. The van der Waals surface area contributed by atoms with Crippen LogP contribution in [0.3, 0.4) is 0 Å². The summed E-state index contributed by atoms with van der Waals surface area (Å²) in [5.74, 6) is 0.861. The standard InChI is InChI=1S/C26H26N4O2/c1-17-8-7-11-21(15-17)24-29-25(32-30-24)23(16-20-9-5-4-6-10-20)28-26(31)27-22-13-12-18(2)14-19(22)3/h4-15,23H,16H2,1-3H3,(H2,27,28,31). The Morgan fingerprint density at radius 1 is 0.938 bits per heavy atom. The molecule has 0 fully saturated rings. The van der Waals surface area contributed by atoms with E-state index in [2.05, 4.69) is 20.8 Å². The third-order valence-electron chi connectivity index (χ3n) is 5.23. The largest absolute Gasteiger partial charge is 0.337 e. The Labute approximate surface area is 187 Å². The van der Waals surface area contributed by atoms with E-state index in [0.717, 1.165) is 33.5 Å². The van der Waals surface area contributed by atoms with E-state index in [1.54, 1.807) is 0 Å². The van der Waals surface area contributed by atoms with Crippen LogP contribution in [0.1, 0.15) is 34.2 Å². The highest BCUT2D eigenvalue weighted by atomic mass is 16.5. The molecule has 6 heteroatoms. The van der Waals surface area contributed by atoms with Gasteiger partial charge in [0.25, 0.3) is 0 Å². The van der Waals surface area contributed by atoms with Crippen molar-refractivity contribution in [3.63, 3.8) is 0 Å². The molecule has 0 aliphatic carbocycles. The van der Waals surface area contributed by atoms with E-state index in [-0.39, 0.29) is 6.03 Å². The Balaban J connectivity index is 1.57. The van der Waals surface area contributed by atoms with Crippen LogP contribution in [0.4, 0.5) is 10.5 Å². The number of aromatic nitrogens is 2. The van der Waals surface area contributed by atoms with Gasteiger partial charge in [0.15, 0.2) is 0 Å². The SMILES string of the molecule is Cc1cccc(-c2noc(C(Cc3ccccc3)NC(=O)Nc3ccc(C)cc3C)n2)c1. The van der Waals surface area contributed by atoms with Gasteiger partial charge in [0, 0.05) is 17.7 Å². The van der Waals surface area contributed by atoms with Gasteiger partial charge in [-0.3, -0.25) is 0 Å². The Kier molecular flexibility index (Phi) is 6.31. The van der Waals surface area contributed by atoms with Crippen molar-refractivity contribution in [3.8, 4) is 11.4 Å². The number of hydrogen-bond acceptors (Lipinski definition) is 4. The van der Waals surface area contributed by atoms with E-state index in [1.165, 1.54) is 0 Å². The number of hydrogen-bond donors (Lipinski definition) is 2. The molecule has 1 aromatic heterocycles. The van der Waals surface area contributed by atoms with Gasteiger partial charge in [-0.15, -0.1) is 0 Å². The van der Waals surface area contributed by atoms with Crippen molar-refractivity contribution in [2.75, 3.05) is 5.32 Å². The summed E-state index contributed by atoms with van der Waals surface area (Å²) in [6.45, 7) is 6.01. The number of carbonyl (C=O) groups excluding carboxylic acids is 1. The third kappa shape index (κ3) is 5.21. The van der Waals surface area contributed by atoms with Gasteiger partial charge in [-0.05, 0) is 44.0 Å². The molecule has 0 saturated carbocycles. The van der Waals surface area contributed by atoms with Crippen molar-refractivity contribution in [2.24, 2.45) is 0 Å². The summed E-state index contributed by atoms with van der Waals surface area (Å²) >= 11 is 0. The molecule has 2 N–H and O–H groups in total. The minimum atomic E-state index is -0.478. The molecule has 0 spiro atoms. The number of amides is 2. The monoisotopic (exact) mass is 426 g/mol. The molecule has 6 nitrogen and oxygen atoms in total. The zero-order valence-corrected chi connectivity index (χ0v) is 18.4. The maximum absolute atomic E-state index is 12.8. The molecule has 3 aromatic carbocycles. The third-order valence-corrected chi connectivity index (χ3v) is 5.23. The smallest absolute Gasteiger partial charge is 0.319 e. The molecule has 0 bridgehead atoms. The van der Waals surface area contributed by atoms with Crippen LogP contribution in [-0.2, 0) is 6.42 Å². The fourth-order valence-corrected chi connectivity index (χ4v) is 3.60. The van der Waals surface area contributed by atoms with Gasteiger partial charge in [0.1, 0.15) is 6.04 Å². The van der Waals surface area contributed by atoms with Crippen LogP contribution in [0.5, 0.6) is 0 Å². The lowest BCUT2D eigenvalue weighted by atomic mass is 10.1. The minimum Gasteiger partial charge on any atom is -0.337 e. The van der Waals surface area contributed by atoms with Gasteiger partial charge >= 0.3 is 6.03 Å². The second-order valence-corrected chi connectivity index (χ2v) is 7.98. The normalized spacial score (nSPS) is 11.7. The van der Waals surface area contributed by atoms with Gasteiger partial charge in [0.05, 0.1) is 0 Å². The average molecular weight is 427 g/mol. The number of carbonyl (C=O) groups is 1. The lowest BCUT2D eigenvalue weighted by Crippen LogP contribution is -2.34. The molecular formula is C26H26N4O2. The van der Waals surface area contributed by atoms with Crippen LogP contribution in [0.25, 0.3) is 11.4 Å². The van der Waals surface area contributed by atoms with Gasteiger partial charge in [-0.1, -0.05) is 76.9 Å². The second-order valence-electron chi connectivity index (χ2n) is 7.98. The van der Waals surface area contributed by atoms with E-state index in [1.807, 2.05) is 93.6 Å². The number of aryl methyl sites for hydroxylation is 3. The Morgan fingerprint density at radius 3 is 2.47 bits per heavy atom. The average Bonchev–Trinajstić information content (AvgIpc) is 3.26. The molecule has 1 heterocycles. The lowest BCUT2D eigenvalue weighted by Gasteiger charge is -2.17. The summed E-state index contributed by atoms with van der Waals surface area (Å²) < 4.78 is 5.58. The van der Waals surface area contributed by atoms with Gasteiger partial charge in [0.2, 0.25) is 11.7 Å². The molecule has 2 amide bonds. The van der Waals surface area contributed by atoms with Gasteiger partial charge in [-0.2, -0.15) is 4.98 Å². The molecule has 162 valence electrons. The quantitative estimate of drug-likeness (QED) is 0.410. The second kappa shape index (κ2) is 9.47. The van der Waals surface area contributed by atoms with E-state index in [4.69, 9.17) is 4.52 Å². The van der Waals surface area contributed by atoms with Crippen molar-refractivity contribution < 1.29 is 9.32 Å². The highest BCUT2D eigenvalue weighted by Gasteiger charge is 2.23. The van der Waals surface area contributed by atoms with Crippen molar-refractivity contribution in [1.29, 1.82) is 0 Å². The number of nitrogens with zero attached hydrogens (tertiary/aromatic N) is 2. The van der Waals surface area contributed by atoms with Crippen molar-refractivity contribution >= 4 is 11.7 Å². The summed E-state index contributed by atoms with van der Waals surface area (Å²) in [7, 11) is 0. The molecular weight excluding hydrogens is 400 g/mol. The van der Waals surface area contributed by atoms with Crippen molar-refractivity contribution in [1.82, 2.24) is 15.5 Å². The van der Waals surface area contributed by atoms with Crippen LogP contribution in [-0.4, -0.2) is 16.2 Å². The highest BCUT2D eigenvalue weighted by Crippen LogP contribution is 2.23. The minimum absolute atomic E-state index is 0.326. The number of benzene rings is 3. The van der Waals surface area contributed by atoms with Crippen LogP contribution >= 0.6 is 0 Å². The van der Waals surface area contributed by atoms with Crippen molar-refractivity contribution in [3.05, 3.63) is 101 Å². The molecule has 0 aliphatic rings. The Bertz CT molecular complexity index is 1220. The van der Waals surface area contributed by atoms with Crippen LogP contribution < -0.4 is 10.6 Å². The summed E-state index contributed by atoms with van der Waals surface area (Å²) in [5.41, 5.74) is 5.94. The predicted octanol–water partition coefficient (Wildman–Crippen LogP) is 5.77. The number of nitrogens with one attached hydrogen (secondary N) is 2. The number of rotatable bonds is 6. The molecule has 0 aliphatic heterocycles. The first-order chi connectivity index (χ1) is 15.5. The van der Waals surface area contributed by atoms with E-state index >= 15 is 0 Å². The first-order valence-corrected chi connectivity index (χ1v) is 10.6. The molecule has 1 unspecified atom stereocenters. The summed E-state index contributed by atoms with van der Waals surface area (Å²) in [6.07, 6.45) is 0.524. The molecule has 32 heavy (non-hydrogen) atoms. The summed E-state index contributed by atoms with van der Waals surface area (Å²) in [4.78, 5) is 17.4. The Hall–Kier alpha value is -3.93. The maximum Gasteiger partial charge on any atom is 0.319 e. The summed E-state index contributed by atoms with van der Waals surface area (Å²) in [6, 6.07) is 22.9. The van der Waals surface area contributed by atoms with E-state index in [9.17, 15) is 4.79 Å². The highest BCUT2D eigenvalue weighted by molar-refractivity contribution is 5.90. The van der Waals surface area contributed by atoms with E-state index < -0.39 is 6.04 Å². The van der Waals surface area contributed by atoms with Gasteiger partial charge < -0.3 is 15.2 Å².